The zero-order chi connectivity index (χ0) is 11.2. The van der Waals surface area contributed by atoms with Gasteiger partial charge in [0, 0.05) is 6.54 Å². The van der Waals surface area contributed by atoms with E-state index in [1.165, 1.54) is 0 Å². The smallest absolute Gasteiger partial charge is 0.107 e. The van der Waals surface area contributed by atoms with E-state index in [1.807, 2.05) is 0 Å². The molecule has 0 aromatic carbocycles. The molecule has 0 saturated carbocycles. The van der Waals surface area contributed by atoms with Gasteiger partial charge in [-0.15, -0.1) is 6.42 Å². The third-order valence-electron chi connectivity index (χ3n) is 1.60. The van der Waals surface area contributed by atoms with Gasteiger partial charge in [0.15, 0.2) is 0 Å². The molecule has 0 aliphatic carbocycles. The van der Waals surface area contributed by atoms with Gasteiger partial charge in [0.05, 0.1) is 33.0 Å². The Morgan fingerprint density at radius 2 is 1.60 bits per heavy atom. The van der Waals surface area contributed by atoms with Gasteiger partial charge in [0.2, 0.25) is 0 Å². The van der Waals surface area contributed by atoms with Crippen LogP contribution in [0.3, 0.4) is 0 Å². The first-order chi connectivity index (χ1) is 7.41. The highest BCUT2D eigenvalue weighted by molar-refractivity contribution is 4.82. The highest BCUT2D eigenvalue weighted by Gasteiger charge is 1.90. The summed E-state index contributed by atoms with van der Waals surface area (Å²) >= 11 is 0. The summed E-state index contributed by atoms with van der Waals surface area (Å²) in [6.45, 7) is 7.35. The third kappa shape index (κ3) is 13.4. The van der Waals surface area contributed by atoms with Crippen LogP contribution < -0.4 is 5.32 Å². The summed E-state index contributed by atoms with van der Waals surface area (Å²) in [5.74, 6) is 2.39. The molecular formula is C11H21NO3. The summed E-state index contributed by atoms with van der Waals surface area (Å²) in [5, 5.41) is 3.17. The molecule has 4 heteroatoms. The third-order valence-corrected chi connectivity index (χ3v) is 1.60. The number of terminal acetylenes is 1. The first-order valence-electron chi connectivity index (χ1n) is 5.29. The van der Waals surface area contributed by atoms with Crippen LogP contribution in [0.2, 0.25) is 0 Å². The minimum atomic E-state index is 0.350. The Bertz CT molecular complexity index is 156. The Balaban J connectivity index is 2.84. The fourth-order valence-corrected chi connectivity index (χ4v) is 0.892. The Morgan fingerprint density at radius 3 is 2.20 bits per heavy atom. The number of ether oxygens (including phenoxy) is 3. The maximum Gasteiger partial charge on any atom is 0.107 e. The summed E-state index contributed by atoms with van der Waals surface area (Å²) in [4.78, 5) is 0. The molecule has 1 N–H and O–H groups in total. The average molecular weight is 215 g/mol. The van der Waals surface area contributed by atoms with E-state index < -0.39 is 0 Å². The van der Waals surface area contributed by atoms with Gasteiger partial charge in [0.1, 0.15) is 6.61 Å². The lowest BCUT2D eigenvalue weighted by atomic mass is 10.6. The molecule has 0 unspecified atom stereocenters. The van der Waals surface area contributed by atoms with Crippen LogP contribution in [0, 0.1) is 12.3 Å². The number of rotatable bonds is 11. The van der Waals surface area contributed by atoms with Gasteiger partial charge in [-0.2, -0.15) is 0 Å². The molecule has 0 radical (unpaired) electrons. The lowest BCUT2D eigenvalue weighted by molar-refractivity contribution is 0.0210. The summed E-state index contributed by atoms with van der Waals surface area (Å²) in [6, 6.07) is 0. The molecule has 0 aromatic rings. The minimum absolute atomic E-state index is 0.350. The number of likely N-dealkylation sites (N-methyl/N-ethyl adjacent to an activating group) is 1. The van der Waals surface area contributed by atoms with Crippen LogP contribution in [0.4, 0.5) is 0 Å². The van der Waals surface area contributed by atoms with Crippen molar-refractivity contribution >= 4 is 0 Å². The Hall–Kier alpha value is -0.600. The van der Waals surface area contributed by atoms with Crippen molar-refractivity contribution in [2.24, 2.45) is 0 Å². The topological polar surface area (TPSA) is 39.7 Å². The molecule has 0 fully saturated rings. The Morgan fingerprint density at radius 1 is 1.00 bits per heavy atom. The molecule has 4 nitrogen and oxygen atoms in total. The van der Waals surface area contributed by atoms with E-state index in [2.05, 4.69) is 18.2 Å². The lowest BCUT2D eigenvalue weighted by Gasteiger charge is -2.05. The van der Waals surface area contributed by atoms with Gasteiger partial charge in [-0.1, -0.05) is 12.8 Å². The predicted octanol–water partition coefficient (Wildman–Crippen LogP) is 0.279. The number of nitrogens with one attached hydrogen (secondary N) is 1. The summed E-state index contributed by atoms with van der Waals surface area (Å²) in [5.41, 5.74) is 0. The molecule has 0 heterocycles. The molecule has 0 amide bonds. The fourth-order valence-electron chi connectivity index (χ4n) is 0.892. The molecular weight excluding hydrogens is 194 g/mol. The van der Waals surface area contributed by atoms with E-state index >= 15 is 0 Å². The summed E-state index contributed by atoms with van der Waals surface area (Å²) < 4.78 is 15.6. The van der Waals surface area contributed by atoms with Gasteiger partial charge in [0.25, 0.3) is 0 Å². The van der Waals surface area contributed by atoms with E-state index in [1.54, 1.807) is 0 Å². The van der Waals surface area contributed by atoms with E-state index in [-0.39, 0.29) is 0 Å². The second-order valence-electron chi connectivity index (χ2n) is 2.84. The Labute approximate surface area is 92.3 Å². The quantitative estimate of drug-likeness (QED) is 0.397. The van der Waals surface area contributed by atoms with Gasteiger partial charge >= 0.3 is 0 Å². The molecule has 0 aliphatic rings. The predicted molar refractivity (Wildman–Crippen MR) is 59.8 cm³/mol. The van der Waals surface area contributed by atoms with Crippen molar-refractivity contribution in [3.8, 4) is 12.3 Å². The number of hydrogen-bond acceptors (Lipinski definition) is 4. The van der Waals surface area contributed by atoms with Crippen molar-refractivity contribution in [3.05, 3.63) is 0 Å². The zero-order valence-corrected chi connectivity index (χ0v) is 9.46. The standard InChI is InChI=1S/C11H21NO3/c1-3-6-13-8-10-15-11-9-14-7-5-12-4-2/h1,12H,4-11H2,2H3. The van der Waals surface area contributed by atoms with Gasteiger partial charge in [-0.25, -0.2) is 0 Å². The van der Waals surface area contributed by atoms with Crippen molar-refractivity contribution < 1.29 is 14.2 Å². The monoisotopic (exact) mass is 215 g/mol. The van der Waals surface area contributed by atoms with E-state index in [0.29, 0.717) is 33.0 Å². The van der Waals surface area contributed by atoms with Crippen molar-refractivity contribution in [1.82, 2.24) is 5.32 Å². The number of hydrogen-bond donors (Lipinski definition) is 1. The van der Waals surface area contributed by atoms with E-state index in [9.17, 15) is 0 Å². The van der Waals surface area contributed by atoms with Crippen LogP contribution in [0.15, 0.2) is 0 Å². The maximum atomic E-state index is 5.30. The summed E-state index contributed by atoms with van der Waals surface area (Å²) in [7, 11) is 0. The maximum absolute atomic E-state index is 5.30. The highest BCUT2D eigenvalue weighted by atomic mass is 16.5. The average Bonchev–Trinajstić information content (AvgIpc) is 2.26. The second-order valence-corrected chi connectivity index (χ2v) is 2.84. The van der Waals surface area contributed by atoms with Crippen LogP contribution in [0.5, 0.6) is 0 Å². The van der Waals surface area contributed by atoms with Crippen molar-refractivity contribution in [3.63, 3.8) is 0 Å². The molecule has 0 rings (SSSR count). The second kappa shape index (κ2) is 13.4. The fraction of sp³-hybridized carbons (Fsp3) is 0.818. The normalized spacial score (nSPS) is 10.1. The molecule has 88 valence electrons. The van der Waals surface area contributed by atoms with Crippen LogP contribution in [-0.2, 0) is 14.2 Å². The zero-order valence-electron chi connectivity index (χ0n) is 9.46. The molecule has 0 aliphatic heterocycles. The minimum Gasteiger partial charge on any atom is -0.378 e. The van der Waals surface area contributed by atoms with Crippen LogP contribution in [0.1, 0.15) is 6.92 Å². The Kier molecular flexibility index (Phi) is 12.9. The molecule has 0 spiro atoms. The SMILES string of the molecule is C#CCOCCOCCOCCNCC. The lowest BCUT2D eigenvalue weighted by Crippen LogP contribution is -2.20. The highest BCUT2D eigenvalue weighted by Crippen LogP contribution is 1.80. The van der Waals surface area contributed by atoms with Gasteiger partial charge in [-0.3, -0.25) is 0 Å². The van der Waals surface area contributed by atoms with E-state index in [0.717, 1.165) is 19.7 Å². The van der Waals surface area contributed by atoms with Crippen LogP contribution in [0.25, 0.3) is 0 Å². The largest absolute Gasteiger partial charge is 0.378 e. The van der Waals surface area contributed by atoms with Gasteiger partial charge < -0.3 is 19.5 Å². The first-order valence-corrected chi connectivity index (χ1v) is 5.29. The van der Waals surface area contributed by atoms with Crippen LogP contribution >= 0.6 is 0 Å². The summed E-state index contributed by atoms with van der Waals surface area (Å²) in [6.07, 6.45) is 5.01. The van der Waals surface area contributed by atoms with Crippen LogP contribution in [-0.4, -0.2) is 52.7 Å². The van der Waals surface area contributed by atoms with E-state index in [4.69, 9.17) is 20.6 Å². The first kappa shape index (κ1) is 14.4. The van der Waals surface area contributed by atoms with Crippen molar-refractivity contribution in [2.75, 3.05) is 52.7 Å². The molecule has 0 saturated heterocycles. The molecule has 15 heavy (non-hydrogen) atoms. The van der Waals surface area contributed by atoms with Gasteiger partial charge in [-0.05, 0) is 6.54 Å². The molecule has 0 atom stereocenters. The molecule has 0 aromatic heterocycles. The van der Waals surface area contributed by atoms with Crippen molar-refractivity contribution in [2.45, 2.75) is 6.92 Å². The molecule has 0 bridgehead atoms. The van der Waals surface area contributed by atoms with Crippen molar-refractivity contribution in [1.29, 1.82) is 0 Å².